The van der Waals surface area contributed by atoms with Gasteiger partial charge >= 0.3 is 6.18 Å². The van der Waals surface area contributed by atoms with E-state index in [1.165, 1.54) is 18.3 Å². The first-order chi connectivity index (χ1) is 16.0. The van der Waals surface area contributed by atoms with Gasteiger partial charge in [-0.3, -0.25) is 4.40 Å². The van der Waals surface area contributed by atoms with Crippen molar-refractivity contribution in [3.05, 3.63) is 59.3 Å². The number of hydrogen-bond acceptors (Lipinski definition) is 4. The molecule has 0 amide bonds. The molecule has 2 aliphatic rings. The van der Waals surface area contributed by atoms with Crippen LogP contribution in [0.4, 0.5) is 26.3 Å². The Bertz CT molecular complexity index is 1200. The molecule has 0 spiro atoms. The Labute approximate surface area is 190 Å². The van der Waals surface area contributed by atoms with E-state index in [0.29, 0.717) is 25.7 Å². The molecule has 1 atom stereocenters. The molecule has 34 heavy (non-hydrogen) atoms. The van der Waals surface area contributed by atoms with Gasteiger partial charge in [0.05, 0.1) is 17.6 Å². The lowest BCUT2D eigenvalue weighted by molar-refractivity contribution is -0.138. The highest BCUT2D eigenvalue weighted by atomic mass is 19.4. The minimum atomic E-state index is -4.83. The van der Waals surface area contributed by atoms with Crippen LogP contribution in [0.5, 0.6) is 5.75 Å². The van der Waals surface area contributed by atoms with E-state index in [2.05, 4.69) is 10.2 Å². The van der Waals surface area contributed by atoms with E-state index in [1.54, 1.807) is 19.2 Å². The number of hydrogen-bond donors (Lipinski definition) is 0. The maximum Gasteiger partial charge on any atom is 0.423 e. The van der Waals surface area contributed by atoms with Gasteiger partial charge < -0.3 is 9.47 Å². The molecule has 2 aromatic heterocycles. The van der Waals surface area contributed by atoms with E-state index in [0.717, 1.165) is 16.0 Å². The molecule has 3 aromatic rings. The molecule has 2 fully saturated rings. The molecule has 2 heterocycles. The summed E-state index contributed by atoms with van der Waals surface area (Å²) in [5.74, 6) is -5.22. The normalized spacial score (nSPS) is 26.6. The van der Waals surface area contributed by atoms with Crippen LogP contribution in [0.25, 0.3) is 5.65 Å². The summed E-state index contributed by atoms with van der Waals surface area (Å²) < 4.78 is 94.7. The summed E-state index contributed by atoms with van der Waals surface area (Å²) in [7, 11) is 1.55. The number of aromatic nitrogens is 3. The molecule has 0 aliphatic heterocycles. The molecule has 11 heteroatoms. The zero-order valence-corrected chi connectivity index (χ0v) is 18.1. The number of halogens is 6. The van der Waals surface area contributed by atoms with Crippen LogP contribution >= 0.6 is 0 Å². The Morgan fingerprint density at radius 2 is 1.68 bits per heavy atom. The molecular formula is C23H21F6N3O2. The van der Waals surface area contributed by atoms with Gasteiger partial charge in [0.15, 0.2) is 5.65 Å². The highest BCUT2D eigenvalue weighted by Gasteiger charge is 2.60. The number of rotatable bonds is 5. The number of alkyl halides is 5. The minimum absolute atomic E-state index is 0.195. The first-order valence-corrected chi connectivity index (χ1v) is 10.8. The third kappa shape index (κ3) is 3.89. The summed E-state index contributed by atoms with van der Waals surface area (Å²) in [6.07, 6.45) is -2.84. The van der Waals surface area contributed by atoms with Crippen LogP contribution in [0.2, 0.25) is 0 Å². The molecule has 0 radical (unpaired) electrons. The molecule has 1 aromatic carbocycles. The Morgan fingerprint density at radius 1 is 1.03 bits per heavy atom. The quantitative estimate of drug-likeness (QED) is 0.424. The van der Waals surface area contributed by atoms with Gasteiger partial charge in [-0.05, 0) is 49.4 Å². The van der Waals surface area contributed by atoms with E-state index in [1.807, 2.05) is 0 Å². The molecule has 0 saturated heterocycles. The van der Waals surface area contributed by atoms with Crippen molar-refractivity contribution >= 4 is 5.65 Å². The second-order valence-corrected chi connectivity index (χ2v) is 8.84. The highest BCUT2D eigenvalue weighted by Crippen LogP contribution is 2.55. The smallest absolute Gasteiger partial charge is 0.423 e. The first kappa shape index (κ1) is 22.9. The maximum atomic E-state index is 14.0. The van der Waals surface area contributed by atoms with Crippen molar-refractivity contribution < 1.29 is 35.8 Å². The van der Waals surface area contributed by atoms with Crippen LogP contribution in [-0.2, 0) is 16.5 Å². The van der Waals surface area contributed by atoms with E-state index >= 15 is 0 Å². The van der Waals surface area contributed by atoms with Crippen LogP contribution < -0.4 is 4.74 Å². The van der Waals surface area contributed by atoms with Gasteiger partial charge in [0.1, 0.15) is 23.0 Å². The lowest BCUT2D eigenvalue weighted by Crippen LogP contribution is -2.37. The lowest BCUT2D eigenvalue weighted by atomic mass is 9.78. The lowest BCUT2D eigenvalue weighted by Gasteiger charge is -2.39. The Kier molecular flexibility index (Phi) is 5.30. The second-order valence-electron chi connectivity index (χ2n) is 8.84. The maximum absolute atomic E-state index is 14.0. The Hall–Kier alpha value is -2.82. The number of methoxy groups -OCH3 is 1. The predicted octanol–water partition coefficient (Wildman–Crippen LogP) is 5.87. The van der Waals surface area contributed by atoms with Crippen molar-refractivity contribution in [2.75, 3.05) is 7.11 Å². The zero-order chi connectivity index (χ0) is 24.3. The number of pyridine rings is 1. The van der Waals surface area contributed by atoms with Crippen LogP contribution in [-0.4, -0.2) is 33.7 Å². The minimum Gasteiger partial charge on any atom is -0.490 e. The number of ether oxygens (including phenoxy) is 2. The van der Waals surface area contributed by atoms with Crippen molar-refractivity contribution in [2.45, 2.75) is 61.8 Å². The van der Waals surface area contributed by atoms with Crippen molar-refractivity contribution in [2.24, 2.45) is 0 Å². The molecule has 2 saturated carbocycles. The van der Waals surface area contributed by atoms with Crippen LogP contribution in [0.3, 0.4) is 0 Å². The standard InChI is InChI=1S/C23H21F6N3O2/c1-33-21(13-2-4-14(24)5-3-13)9-6-15(7-10-21)34-17-8-11-32-19(16-12-22(16,25)26)30-31-20(32)18(17)23(27,28)29/h2-5,8,11,15-16H,6-7,9-10,12H2,1H3/t15?,16-,21?/m1/s1. The largest absolute Gasteiger partial charge is 0.490 e. The van der Waals surface area contributed by atoms with Gasteiger partial charge in [-0.2, -0.15) is 13.2 Å². The monoisotopic (exact) mass is 485 g/mol. The SMILES string of the molecule is COC1(c2ccc(F)cc2)CCC(Oc2ccn3c([C@H]4CC4(F)F)nnc3c2C(F)(F)F)CC1. The van der Waals surface area contributed by atoms with E-state index in [-0.39, 0.29) is 11.6 Å². The fourth-order valence-electron chi connectivity index (χ4n) is 4.77. The zero-order valence-electron chi connectivity index (χ0n) is 18.1. The summed E-state index contributed by atoms with van der Waals surface area (Å²) in [6.45, 7) is 0. The fraction of sp³-hybridized carbons (Fsp3) is 0.478. The summed E-state index contributed by atoms with van der Waals surface area (Å²) in [5, 5.41) is 7.20. The molecular weight excluding hydrogens is 464 g/mol. The van der Waals surface area contributed by atoms with E-state index in [9.17, 15) is 26.3 Å². The van der Waals surface area contributed by atoms with Gasteiger partial charge in [-0.15, -0.1) is 10.2 Å². The van der Waals surface area contributed by atoms with Crippen LogP contribution in [0.15, 0.2) is 36.5 Å². The first-order valence-electron chi connectivity index (χ1n) is 10.8. The molecule has 2 aliphatic carbocycles. The topological polar surface area (TPSA) is 48.7 Å². The van der Waals surface area contributed by atoms with Crippen molar-refractivity contribution in [1.82, 2.24) is 14.6 Å². The average Bonchev–Trinajstić information content (AvgIpc) is 3.22. The summed E-state index contributed by atoms with van der Waals surface area (Å²) in [6, 6.07) is 7.09. The molecule has 182 valence electrons. The number of nitrogens with zero attached hydrogens (tertiary/aromatic N) is 3. The molecule has 0 N–H and O–H groups in total. The average molecular weight is 485 g/mol. The number of benzene rings is 1. The van der Waals surface area contributed by atoms with Crippen LogP contribution in [0.1, 0.15) is 55.0 Å². The third-order valence-corrected chi connectivity index (χ3v) is 6.78. The second kappa shape index (κ2) is 7.86. The van der Waals surface area contributed by atoms with E-state index < -0.39 is 53.1 Å². The molecule has 5 rings (SSSR count). The molecule has 5 nitrogen and oxygen atoms in total. The van der Waals surface area contributed by atoms with Gasteiger partial charge in [0, 0.05) is 19.7 Å². The van der Waals surface area contributed by atoms with Gasteiger partial charge in [-0.25, -0.2) is 13.2 Å². The molecule has 0 bridgehead atoms. The van der Waals surface area contributed by atoms with E-state index in [4.69, 9.17) is 9.47 Å². The Balaban J connectivity index is 1.39. The van der Waals surface area contributed by atoms with Gasteiger partial charge in [0.25, 0.3) is 5.92 Å². The highest BCUT2D eigenvalue weighted by molar-refractivity contribution is 5.57. The third-order valence-electron chi connectivity index (χ3n) is 6.78. The van der Waals surface area contributed by atoms with Gasteiger partial charge in [-0.1, -0.05) is 12.1 Å². The summed E-state index contributed by atoms with van der Waals surface area (Å²) >= 11 is 0. The molecule has 0 unspecified atom stereocenters. The summed E-state index contributed by atoms with van der Waals surface area (Å²) in [5.41, 5.74) is -1.59. The Morgan fingerprint density at radius 3 is 2.24 bits per heavy atom. The van der Waals surface area contributed by atoms with Gasteiger partial charge in [0.2, 0.25) is 0 Å². The predicted molar refractivity (Wildman–Crippen MR) is 108 cm³/mol. The van der Waals surface area contributed by atoms with Crippen molar-refractivity contribution in [3.8, 4) is 5.75 Å². The number of fused-ring (bicyclic) bond motifs is 1. The summed E-state index contributed by atoms with van der Waals surface area (Å²) in [4.78, 5) is 0. The van der Waals surface area contributed by atoms with Crippen molar-refractivity contribution in [3.63, 3.8) is 0 Å². The van der Waals surface area contributed by atoms with Crippen LogP contribution in [0, 0.1) is 5.82 Å². The fourth-order valence-corrected chi connectivity index (χ4v) is 4.77. The van der Waals surface area contributed by atoms with Crippen molar-refractivity contribution in [1.29, 1.82) is 0 Å².